The van der Waals surface area contributed by atoms with Gasteiger partial charge in [-0.15, -0.1) is 11.3 Å². The number of anilines is 2. The number of carbonyl (C=O) groups is 3. The summed E-state index contributed by atoms with van der Waals surface area (Å²) >= 11 is 1.42. The quantitative estimate of drug-likeness (QED) is 0.653. The van der Waals surface area contributed by atoms with Crippen LogP contribution in [0.15, 0.2) is 24.3 Å². The van der Waals surface area contributed by atoms with Crippen LogP contribution in [0.25, 0.3) is 0 Å². The summed E-state index contributed by atoms with van der Waals surface area (Å²) in [7, 11) is 0. The first kappa shape index (κ1) is 20.5. The van der Waals surface area contributed by atoms with Gasteiger partial charge >= 0.3 is 5.97 Å². The van der Waals surface area contributed by atoms with Gasteiger partial charge in [-0.3, -0.25) is 14.4 Å². The van der Waals surface area contributed by atoms with Gasteiger partial charge in [-0.25, -0.2) is 4.39 Å². The van der Waals surface area contributed by atoms with Gasteiger partial charge in [0, 0.05) is 16.5 Å². The fourth-order valence-corrected chi connectivity index (χ4v) is 5.62. The van der Waals surface area contributed by atoms with Crippen molar-refractivity contribution in [2.75, 3.05) is 10.6 Å². The van der Waals surface area contributed by atoms with Gasteiger partial charge in [-0.1, -0.05) is 6.42 Å². The maximum atomic E-state index is 13.1. The van der Waals surface area contributed by atoms with E-state index in [1.807, 2.05) is 0 Å². The zero-order valence-electron chi connectivity index (χ0n) is 16.4. The number of hydrogen-bond acceptors (Lipinski definition) is 4. The van der Waals surface area contributed by atoms with E-state index >= 15 is 0 Å². The third-order valence-corrected chi connectivity index (χ3v) is 7.09. The first-order valence-electron chi connectivity index (χ1n) is 10.2. The number of hydrogen-bond donors (Lipinski definition) is 3. The van der Waals surface area contributed by atoms with Crippen molar-refractivity contribution in [1.29, 1.82) is 0 Å². The first-order valence-corrected chi connectivity index (χ1v) is 11.0. The van der Waals surface area contributed by atoms with E-state index in [0.717, 1.165) is 29.7 Å². The Kier molecular flexibility index (Phi) is 5.85. The molecule has 1 aromatic carbocycles. The molecular formula is C22H23FN2O4S. The smallest absolute Gasteiger partial charge is 0.306 e. The molecule has 2 aliphatic carbocycles. The van der Waals surface area contributed by atoms with E-state index in [0.29, 0.717) is 41.9 Å². The highest BCUT2D eigenvalue weighted by Gasteiger charge is 2.33. The second-order valence-corrected chi connectivity index (χ2v) is 9.02. The predicted octanol–water partition coefficient (Wildman–Crippen LogP) is 4.46. The Morgan fingerprint density at radius 2 is 1.73 bits per heavy atom. The molecule has 0 aliphatic heterocycles. The van der Waals surface area contributed by atoms with E-state index in [1.54, 1.807) is 0 Å². The summed E-state index contributed by atoms with van der Waals surface area (Å²) in [4.78, 5) is 38.3. The number of aryl methyl sites for hydroxylation is 1. The lowest BCUT2D eigenvalue weighted by Crippen LogP contribution is -2.31. The minimum absolute atomic E-state index is 0.225. The van der Waals surface area contributed by atoms with Crippen molar-refractivity contribution in [3.8, 4) is 0 Å². The van der Waals surface area contributed by atoms with Crippen LogP contribution in [0.4, 0.5) is 15.1 Å². The molecular weight excluding hydrogens is 407 g/mol. The Labute approximate surface area is 177 Å². The van der Waals surface area contributed by atoms with Gasteiger partial charge in [0.2, 0.25) is 5.91 Å². The molecule has 2 aliphatic rings. The molecule has 2 unspecified atom stereocenters. The van der Waals surface area contributed by atoms with Gasteiger partial charge in [0.1, 0.15) is 10.8 Å². The monoisotopic (exact) mass is 430 g/mol. The average molecular weight is 431 g/mol. The van der Waals surface area contributed by atoms with Crippen LogP contribution < -0.4 is 10.6 Å². The zero-order valence-corrected chi connectivity index (χ0v) is 17.2. The van der Waals surface area contributed by atoms with Crippen molar-refractivity contribution >= 4 is 39.8 Å². The number of nitrogens with one attached hydrogen (secondary N) is 2. The molecule has 1 fully saturated rings. The molecule has 0 radical (unpaired) electrons. The summed E-state index contributed by atoms with van der Waals surface area (Å²) in [6.07, 6.45) is 4.89. The van der Waals surface area contributed by atoms with Gasteiger partial charge in [0.25, 0.3) is 5.91 Å². The van der Waals surface area contributed by atoms with E-state index in [-0.39, 0.29) is 23.5 Å². The average Bonchev–Trinajstić information content (AvgIpc) is 3.30. The van der Waals surface area contributed by atoms with E-state index in [1.165, 1.54) is 35.6 Å². The van der Waals surface area contributed by atoms with Gasteiger partial charge in [0.15, 0.2) is 0 Å². The van der Waals surface area contributed by atoms with E-state index in [2.05, 4.69) is 10.6 Å². The fourth-order valence-electron chi connectivity index (χ4n) is 4.33. The molecule has 1 heterocycles. The first-order chi connectivity index (χ1) is 14.4. The van der Waals surface area contributed by atoms with Crippen LogP contribution in [-0.4, -0.2) is 22.9 Å². The summed E-state index contributed by atoms with van der Waals surface area (Å²) in [6, 6.07) is 5.54. The van der Waals surface area contributed by atoms with Gasteiger partial charge < -0.3 is 15.7 Å². The molecule has 0 bridgehead atoms. The van der Waals surface area contributed by atoms with Crippen molar-refractivity contribution in [3.05, 3.63) is 46.1 Å². The van der Waals surface area contributed by atoms with Crippen LogP contribution in [0.5, 0.6) is 0 Å². The van der Waals surface area contributed by atoms with Crippen LogP contribution in [0.3, 0.4) is 0 Å². The third-order valence-electron chi connectivity index (χ3n) is 5.88. The van der Waals surface area contributed by atoms with Gasteiger partial charge in [-0.05, 0) is 68.4 Å². The van der Waals surface area contributed by atoms with Crippen LogP contribution >= 0.6 is 11.3 Å². The molecule has 8 heteroatoms. The van der Waals surface area contributed by atoms with Gasteiger partial charge in [0.05, 0.1) is 11.5 Å². The summed E-state index contributed by atoms with van der Waals surface area (Å²) < 4.78 is 13.1. The minimum Gasteiger partial charge on any atom is -0.481 e. The Bertz CT molecular complexity index is 986. The molecule has 30 heavy (non-hydrogen) atoms. The Morgan fingerprint density at radius 3 is 2.47 bits per heavy atom. The summed E-state index contributed by atoms with van der Waals surface area (Å²) in [5, 5.41) is 15.5. The minimum atomic E-state index is -0.859. The number of thiophene rings is 1. The molecule has 6 nitrogen and oxygen atoms in total. The Balaban J connectivity index is 1.54. The van der Waals surface area contributed by atoms with Crippen LogP contribution in [0.2, 0.25) is 0 Å². The topological polar surface area (TPSA) is 95.5 Å². The zero-order chi connectivity index (χ0) is 21.3. The standard InChI is InChI=1S/C22H23FN2O4S/c23-14-7-9-15(10-8-14)24-20(27)18-16-5-2-6-17(16)30-21(18)25-19(26)12-3-1-4-13(11-12)22(28)29/h7-10,12-13H,1-6,11H2,(H,24,27)(H,25,26)(H,28,29). The number of amides is 2. The molecule has 2 aromatic rings. The number of aliphatic carboxylic acids is 1. The number of halogens is 1. The maximum Gasteiger partial charge on any atom is 0.306 e. The molecule has 0 spiro atoms. The lowest BCUT2D eigenvalue weighted by atomic mass is 9.81. The number of fused-ring (bicyclic) bond motifs is 1. The van der Waals surface area contributed by atoms with Crippen molar-refractivity contribution in [1.82, 2.24) is 0 Å². The second kappa shape index (κ2) is 8.55. The maximum absolute atomic E-state index is 13.1. The molecule has 3 N–H and O–H groups in total. The number of carboxylic acids is 1. The Morgan fingerprint density at radius 1 is 1.00 bits per heavy atom. The van der Waals surface area contributed by atoms with Crippen LogP contribution in [0, 0.1) is 17.7 Å². The molecule has 2 atom stereocenters. The van der Waals surface area contributed by atoms with Crippen molar-refractivity contribution in [2.24, 2.45) is 11.8 Å². The van der Waals surface area contributed by atoms with E-state index in [9.17, 15) is 23.9 Å². The number of carbonyl (C=O) groups excluding carboxylic acids is 2. The third kappa shape index (κ3) is 4.23. The molecule has 1 saturated carbocycles. The summed E-state index contributed by atoms with van der Waals surface area (Å²) in [6.45, 7) is 0. The highest BCUT2D eigenvalue weighted by molar-refractivity contribution is 7.17. The van der Waals surface area contributed by atoms with Crippen molar-refractivity contribution in [2.45, 2.75) is 44.9 Å². The molecule has 0 saturated heterocycles. The van der Waals surface area contributed by atoms with Crippen LogP contribution in [0.1, 0.15) is 52.9 Å². The highest BCUT2D eigenvalue weighted by atomic mass is 32.1. The molecule has 2 amide bonds. The van der Waals surface area contributed by atoms with Crippen molar-refractivity contribution in [3.63, 3.8) is 0 Å². The number of benzene rings is 1. The number of carboxylic acid groups (broad SMARTS) is 1. The lowest BCUT2D eigenvalue weighted by Gasteiger charge is -2.25. The molecule has 1 aromatic heterocycles. The van der Waals surface area contributed by atoms with Crippen LogP contribution in [-0.2, 0) is 22.4 Å². The second-order valence-electron chi connectivity index (χ2n) is 7.91. The lowest BCUT2D eigenvalue weighted by molar-refractivity contribution is -0.143. The summed E-state index contributed by atoms with van der Waals surface area (Å²) in [5.74, 6) is -2.67. The SMILES string of the molecule is O=C(Nc1ccc(F)cc1)c1c(NC(=O)C2CCCC(C(=O)O)C2)sc2c1CCC2. The Hall–Kier alpha value is -2.74. The summed E-state index contributed by atoms with van der Waals surface area (Å²) in [5.41, 5.74) is 1.91. The van der Waals surface area contributed by atoms with E-state index < -0.39 is 11.9 Å². The van der Waals surface area contributed by atoms with Crippen molar-refractivity contribution < 1.29 is 23.9 Å². The largest absolute Gasteiger partial charge is 0.481 e. The number of rotatable bonds is 5. The van der Waals surface area contributed by atoms with Gasteiger partial charge in [-0.2, -0.15) is 0 Å². The molecule has 158 valence electrons. The van der Waals surface area contributed by atoms with E-state index in [4.69, 9.17) is 0 Å². The predicted molar refractivity (Wildman–Crippen MR) is 112 cm³/mol. The molecule has 4 rings (SSSR count). The highest BCUT2D eigenvalue weighted by Crippen LogP contribution is 2.40. The fraction of sp³-hybridized carbons (Fsp3) is 0.409. The normalized spacial score (nSPS) is 20.4.